The maximum atomic E-state index is 12.0. The highest BCUT2D eigenvalue weighted by atomic mass is 35.5. The molecule has 1 aromatic heterocycles. The number of aromatic nitrogens is 2. The van der Waals surface area contributed by atoms with Crippen LogP contribution >= 0.6 is 11.6 Å². The lowest BCUT2D eigenvalue weighted by Crippen LogP contribution is -2.37. The number of ether oxygens (including phenoxy) is 1. The van der Waals surface area contributed by atoms with E-state index in [0.717, 1.165) is 18.7 Å². The number of carbonyl (C=O) groups is 1. The summed E-state index contributed by atoms with van der Waals surface area (Å²) >= 11 is 5.83. The van der Waals surface area contributed by atoms with Crippen LogP contribution in [0.4, 0.5) is 11.6 Å². The minimum atomic E-state index is -0.116. The van der Waals surface area contributed by atoms with Gasteiger partial charge in [-0.1, -0.05) is 23.7 Å². The molecule has 1 aromatic carbocycles. The van der Waals surface area contributed by atoms with Crippen LogP contribution < -0.4 is 10.2 Å². The van der Waals surface area contributed by atoms with Crippen LogP contribution in [0.1, 0.15) is 5.56 Å². The second-order valence-electron chi connectivity index (χ2n) is 5.22. The first-order valence-corrected chi connectivity index (χ1v) is 7.77. The van der Waals surface area contributed by atoms with Crippen molar-refractivity contribution < 1.29 is 9.53 Å². The molecule has 0 aliphatic carbocycles. The normalized spacial score (nSPS) is 14.6. The third-order valence-electron chi connectivity index (χ3n) is 3.49. The summed E-state index contributed by atoms with van der Waals surface area (Å²) in [6.45, 7) is 2.93. The molecule has 6 nitrogen and oxygen atoms in total. The molecule has 1 aliphatic heterocycles. The number of nitrogens with one attached hydrogen (secondary N) is 1. The van der Waals surface area contributed by atoms with Crippen LogP contribution in [0.3, 0.4) is 0 Å². The van der Waals surface area contributed by atoms with Crippen LogP contribution in [0.25, 0.3) is 0 Å². The SMILES string of the molecule is O=C(Cc1ccc(Cl)cc1)Nc1cnc(N2CCOCC2)nc1. The van der Waals surface area contributed by atoms with Crippen LogP contribution in [-0.4, -0.2) is 42.2 Å². The molecule has 7 heteroatoms. The van der Waals surface area contributed by atoms with E-state index in [-0.39, 0.29) is 12.3 Å². The molecule has 2 aromatic rings. The third-order valence-corrected chi connectivity index (χ3v) is 3.75. The Kier molecular flexibility index (Phi) is 5.05. The summed E-state index contributed by atoms with van der Waals surface area (Å²) in [7, 11) is 0. The van der Waals surface area contributed by atoms with E-state index in [1.54, 1.807) is 24.5 Å². The van der Waals surface area contributed by atoms with Gasteiger partial charge in [-0.15, -0.1) is 0 Å². The average molecular weight is 333 g/mol. The van der Waals surface area contributed by atoms with Crippen molar-refractivity contribution in [1.82, 2.24) is 9.97 Å². The molecule has 1 amide bonds. The van der Waals surface area contributed by atoms with Crippen molar-refractivity contribution in [1.29, 1.82) is 0 Å². The lowest BCUT2D eigenvalue weighted by molar-refractivity contribution is -0.115. The molecule has 1 saturated heterocycles. The number of rotatable bonds is 4. The molecule has 1 N–H and O–H groups in total. The Morgan fingerprint density at radius 3 is 2.48 bits per heavy atom. The fraction of sp³-hybridized carbons (Fsp3) is 0.312. The fourth-order valence-electron chi connectivity index (χ4n) is 2.31. The Bertz CT molecular complexity index is 655. The summed E-state index contributed by atoms with van der Waals surface area (Å²) in [5.41, 5.74) is 1.48. The summed E-state index contributed by atoms with van der Waals surface area (Å²) in [4.78, 5) is 22.7. The van der Waals surface area contributed by atoms with Crippen molar-refractivity contribution >= 4 is 29.1 Å². The molecule has 0 radical (unpaired) electrons. The van der Waals surface area contributed by atoms with Gasteiger partial charge in [0.05, 0.1) is 37.7 Å². The number of nitrogens with zero attached hydrogens (tertiary/aromatic N) is 3. The van der Waals surface area contributed by atoms with E-state index in [9.17, 15) is 4.79 Å². The molecule has 120 valence electrons. The van der Waals surface area contributed by atoms with Gasteiger partial charge in [0.15, 0.2) is 0 Å². The van der Waals surface area contributed by atoms with Gasteiger partial charge in [-0.05, 0) is 17.7 Å². The zero-order valence-corrected chi connectivity index (χ0v) is 13.3. The molecular formula is C16H17ClN4O2. The van der Waals surface area contributed by atoms with Gasteiger partial charge in [0.25, 0.3) is 0 Å². The Balaban J connectivity index is 1.57. The summed E-state index contributed by atoms with van der Waals surface area (Å²) in [6, 6.07) is 7.20. The maximum absolute atomic E-state index is 12.0. The molecule has 0 saturated carbocycles. The number of amides is 1. The van der Waals surface area contributed by atoms with Crippen LogP contribution in [-0.2, 0) is 16.0 Å². The Labute approximate surface area is 139 Å². The summed E-state index contributed by atoms with van der Waals surface area (Å²) < 4.78 is 5.30. The van der Waals surface area contributed by atoms with Gasteiger partial charge in [-0.25, -0.2) is 9.97 Å². The van der Waals surface area contributed by atoms with Crippen LogP contribution in [0, 0.1) is 0 Å². The van der Waals surface area contributed by atoms with Crippen LogP contribution in [0.15, 0.2) is 36.7 Å². The largest absolute Gasteiger partial charge is 0.378 e. The first-order valence-electron chi connectivity index (χ1n) is 7.40. The topological polar surface area (TPSA) is 67.4 Å². The van der Waals surface area contributed by atoms with E-state index in [1.165, 1.54) is 0 Å². The predicted molar refractivity (Wildman–Crippen MR) is 88.8 cm³/mol. The van der Waals surface area contributed by atoms with Gasteiger partial charge in [-0.3, -0.25) is 4.79 Å². The number of anilines is 2. The summed E-state index contributed by atoms with van der Waals surface area (Å²) in [5, 5.41) is 3.45. The van der Waals surface area contributed by atoms with Crippen molar-refractivity contribution in [2.45, 2.75) is 6.42 Å². The standard InChI is InChI=1S/C16H17ClN4O2/c17-13-3-1-12(2-4-13)9-15(22)20-14-10-18-16(19-11-14)21-5-7-23-8-6-21/h1-4,10-11H,5-9H2,(H,20,22). The molecular weight excluding hydrogens is 316 g/mol. The number of benzene rings is 1. The van der Waals surface area contributed by atoms with Gasteiger partial charge in [0.2, 0.25) is 11.9 Å². The molecule has 1 aliphatic rings. The Hall–Kier alpha value is -2.18. The lowest BCUT2D eigenvalue weighted by Gasteiger charge is -2.26. The number of morpholine rings is 1. The molecule has 23 heavy (non-hydrogen) atoms. The molecule has 1 fully saturated rings. The van der Waals surface area contributed by atoms with E-state index in [1.807, 2.05) is 12.1 Å². The van der Waals surface area contributed by atoms with Gasteiger partial charge in [0.1, 0.15) is 0 Å². The van der Waals surface area contributed by atoms with E-state index >= 15 is 0 Å². The number of hydrogen-bond donors (Lipinski definition) is 1. The Morgan fingerprint density at radius 2 is 1.83 bits per heavy atom. The average Bonchev–Trinajstić information content (AvgIpc) is 2.58. The number of halogens is 1. The highest BCUT2D eigenvalue weighted by Crippen LogP contribution is 2.13. The van der Waals surface area contributed by atoms with Crippen molar-refractivity contribution in [3.05, 3.63) is 47.2 Å². The second kappa shape index (κ2) is 7.39. The summed E-state index contributed by atoms with van der Waals surface area (Å²) in [6.07, 6.45) is 3.53. The van der Waals surface area contributed by atoms with E-state index in [2.05, 4.69) is 20.2 Å². The molecule has 0 spiro atoms. The minimum absolute atomic E-state index is 0.116. The molecule has 0 unspecified atom stereocenters. The van der Waals surface area contributed by atoms with E-state index in [0.29, 0.717) is 29.9 Å². The van der Waals surface area contributed by atoms with Gasteiger partial charge >= 0.3 is 0 Å². The smallest absolute Gasteiger partial charge is 0.228 e. The van der Waals surface area contributed by atoms with Crippen molar-refractivity contribution in [3.63, 3.8) is 0 Å². The molecule has 0 atom stereocenters. The van der Waals surface area contributed by atoms with E-state index in [4.69, 9.17) is 16.3 Å². The Morgan fingerprint density at radius 1 is 1.17 bits per heavy atom. The van der Waals surface area contributed by atoms with Gasteiger partial charge in [-0.2, -0.15) is 0 Å². The summed E-state index contributed by atoms with van der Waals surface area (Å²) in [5.74, 6) is 0.541. The van der Waals surface area contributed by atoms with Crippen molar-refractivity contribution in [2.24, 2.45) is 0 Å². The van der Waals surface area contributed by atoms with Gasteiger partial charge < -0.3 is 15.0 Å². The molecule has 3 rings (SSSR count). The van der Waals surface area contributed by atoms with Gasteiger partial charge in [0, 0.05) is 18.1 Å². The quantitative estimate of drug-likeness (QED) is 0.929. The third kappa shape index (κ3) is 4.40. The zero-order chi connectivity index (χ0) is 16.1. The minimum Gasteiger partial charge on any atom is -0.378 e. The monoisotopic (exact) mass is 332 g/mol. The molecule has 2 heterocycles. The maximum Gasteiger partial charge on any atom is 0.228 e. The highest BCUT2D eigenvalue weighted by Gasteiger charge is 2.13. The first-order chi connectivity index (χ1) is 11.2. The zero-order valence-electron chi connectivity index (χ0n) is 12.5. The van der Waals surface area contributed by atoms with E-state index < -0.39 is 0 Å². The fourth-order valence-corrected chi connectivity index (χ4v) is 2.43. The van der Waals surface area contributed by atoms with Crippen LogP contribution in [0.2, 0.25) is 5.02 Å². The second-order valence-corrected chi connectivity index (χ2v) is 5.66. The number of hydrogen-bond acceptors (Lipinski definition) is 5. The predicted octanol–water partition coefficient (Wildman–Crippen LogP) is 2.15. The van der Waals surface area contributed by atoms with Crippen molar-refractivity contribution in [3.8, 4) is 0 Å². The molecule has 0 bridgehead atoms. The van der Waals surface area contributed by atoms with Crippen LogP contribution in [0.5, 0.6) is 0 Å². The first kappa shape index (κ1) is 15.7. The lowest BCUT2D eigenvalue weighted by atomic mass is 10.1. The number of carbonyl (C=O) groups excluding carboxylic acids is 1. The van der Waals surface area contributed by atoms with Crippen molar-refractivity contribution in [2.75, 3.05) is 36.5 Å². The highest BCUT2D eigenvalue weighted by molar-refractivity contribution is 6.30.